The molecule has 0 saturated heterocycles. The Morgan fingerprint density at radius 1 is 1.42 bits per heavy atom. The lowest BCUT2D eigenvalue weighted by Crippen LogP contribution is -1.98. The van der Waals surface area contributed by atoms with E-state index in [9.17, 15) is 0 Å². The Balaban J connectivity index is 2.49. The van der Waals surface area contributed by atoms with E-state index < -0.39 is 0 Å². The SMILES string of the molecule is CC(C)c1nccc2c1CSC2. The first kappa shape index (κ1) is 8.11. The molecule has 2 heterocycles. The number of hydrogen-bond acceptors (Lipinski definition) is 2. The van der Waals surface area contributed by atoms with Gasteiger partial charge in [-0.1, -0.05) is 13.8 Å². The van der Waals surface area contributed by atoms with E-state index in [2.05, 4.69) is 24.9 Å². The highest BCUT2D eigenvalue weighted by atomic mass is 32.2. The molecule has 64 valence electrons. The number of nitrogens with zero attached hydrogens (tertiary/aromatic N) is 1. The molecule has 1 nitrogen and oxygen atoms in total. The lowest BCUT2D eigenvalue weighted by Gasteiger charge is -2.08. The molecule has 1 aromatic rings. The smallest absolute Gasteiger partial charge is 0.0472 e. The van der Waals surface area contributed by atoms with Crippen LogP contribution in [-0.4, -0.2) is 4.98 Å². The number of rotatable bonds is 1. The lowest BCUT2D eigenvalue weighted by atomic mass is 10.0. The zero-order valence-corrected chi connectivity index (χ0v) is 8.32. The van der Waals surface area contributed by atoms with Gasteiger partial charge in [0, 0.05) is 23.4 Å². The maximum Gasteiger partial charge on any atom is 0.0472 e. The van der Waals surface area contributed by atoms with Crippen LogP contribution in [0.2, 0.25) is 0 Å². The van der Waals surface area contributed by atoms with Crippen LogP contribution < -0.4 is 0 Å². The molecular formula is C10H13NS. The molecule has 0 spiro atoms. The summed E-state index contributed by atoms with van der Waals surface area (Å²) in [6.45, 7) is 4.43. The maximum absolute atomic E-state index is 4.44. The molecule has 0 atom stereocenters. The van der Waals surface area contributed by atoms with Gasteiger partial charge in [0.1, 0.15) is 0 Å². The molecule has 12 heavy (non-hydrogen) atoms. The minimum atomic E-state index is 0.568. The number of fused-ring (bicyclic) bond motifs is 1. The summed E-state index contributed by atoms with van der Waals surface area (Å²) in [5.74, 6) is 2.91. The molecule has 1 aromatic heterocycles. The molecule has 0 radical (unpaired) electrons. The van der Waals surface area contributed by atoms with Crippen molar-refractivity contribution in [3.05, 3.63) is 29.1 Å². The first-order valence-electron chi connectivity index (χ1n) is 4.33. The minimum Gasteiger partial charge on any atom is -0.261 e. The fourth-order valence-electron chi connectivity index (χ4n) is 1.61. The molecular weight excluding hydrogens is 166 g/mol. The van der Waals surface area contributed by atoms with E-state index in [0.717, 1.165) is 5.75 Å². The topological polar surface area (TPSA) is 12.9 Å². The van der Waals surface area contributed by atoms with Gasteiger partial charge in [-0.3, -0.25) is 4.98 Å². The predicted octanol–water partition coefficient (Wildman–Crippen LogP) is 2.95. The van der Waals surface area contributed by atoms with Crippen LogP contribution in [0.5, 0.6) is 0 Å². The van der Waals surface area contributed by atoms with Crippen LogP contribution in [0.15, 0.2) is 12.3 Å². The van der Waals surface area contributed by atoms with Gasteiger partial charge in [0.15, 0.2) is 0 Å². The van der Waals surface area contributed by atoms with Crippen molar-refractivity contribution < 1.29 is 0 Å². The van der Waals surface area contributed by atoms with Crippen molar-refractivity contribution in [1.82, 2.24) is 4.98 Å². The van der Waals surface area contributed by atoms with Gasteiger partial charge in [0.05, 0.1) is 0 Å². The Labute approximate surface area is 77.6 Å². The average molecular weight is 179 g/mol. The summed E-state index contributed by atoms with van der Waals surface area (Å²) in [4.78, 5) is 4.44. The number of thioether (sulfide) groups is 1. The molecule has 0 aromatic carbocycles. The predicted molar refractivity (Wildman–Crippen MR) is 53.3 cm³/mol. The molecule has 0 unspecified atom stereocenters. The van der Waals surface area contributed by atoms with Crippen LogP contribution in [0.25, 0.3) is 0 Å². The summed E-state index contributed by atoms with van der Waals surface area (Å²) >= 11 is 1.99. The second kappa shape index (κ2) is 3.09. The Kier molecular flexibility index (Phi) is 2.09. The van der Waals surface area contributed by atoms with Crippen molar-refractivity contribution in [2.24, 2.45) is 0 Å². The molecule has 0 bridgehead atoms. The van der Waals surface area contributed by atoms with Gasteiger partial charge < -0.3 is 0 Å². The van der Waals surface area contributed by atoms with E-state index in [4.69, 9.17) is 0 Å². The van der Waals surface area contributed by atoms with Crippen molar-refractivity contribution in [3.63, 3.8) is 0 Å². The minimum absolute atomic E-state index is 0.568. The van der Waals surface area contributed by atoms with Crippen molar-refractivity contribution in [1.29, 1.82) is 0 Å². The fraction of sp³-hybridized carbons (Fsp3) is 0.500. The second-order valence-corrected chi connectivity index (χ2v) is 4.47. The van der Waals surface area contributed by atoms with Gasteiger partial charge in [0.25, 0.3) is 0 Å². The highest BCUT2D eigenvalue weighted by Crippen LogP contribution is 2.33. The van der Waals surface area contributed by atoms with Crippen LogP contribution in [-0.2, 0) is 11.5 Å². The highest BCUT2D eigenvalue weighted by molar-refractivity contribution is 7.98. The highest BCUT2D eigenvalue weighted by Gasteiger charge is 2.16. The van der Waals surface area contributed by atoms with E-state index in [1.807, 2.05) is 18.0 Å². The lowest BCUT2D eigenvalue weighted by molar-refractivity contribution is 0.808. The molecule has 1 aliphatic heterocycles. The fourth-order valence-corrected chi connectivity index (χ4v) is 2.74. The van der Waals surface area contributed by atoms with Gasteiger partial charge in [0.2, 0.25) is 0 Å². The van der Waals surface area contributed by atoms with Gasteiger partial charge in [-0.15, -0.1) is 0 Å². The monoisotopic (exact) mass is 179 g/mol. The third kappa shape index (κ3) is 1.24. The Morgan fingerprint density at radius 3 is 3.00 bits per heavy atom. The summed E-state index contributed by atoms with van der Waals surface area (Å²) in [6.07, 6.45) is 1.94. The van der Waals surface area contributed by atoms with Crippen molar-refractivity contribution in [3.8, 4) is 0 Å². The zero-order chi connectivity index (χ0) is 8.55. The normalized spacial score (nSPS) is 15.2. The first-order chi connectivity index (χ1) is 5.79. The quantitative estimate of drug-likeness (QED) is 0.657. The Bertz CT molecular complexity index is 294. The average Bonchev–Trinajstić information content (AvgIpc) is 2.49. The molecule has 0 amide bonds. The molecule has 0 N–H and O–H groups in total. The molecule has 0 fully saturated rings. The molecule has 1 aliphatic rings. The number of pyridine rings is 1. The van der Waals surface area contributed by atoms with Gasteiger partial charge in [-0.25, -0.2) is 0 Å². The summed E-state index contributed by atoms with van der Waals surface area (Å²) in [6, 6.07) is 2.15. The third-order valence-electron chi connectivity index (χ3n) is 2.24. The third-order valence-corrected chi connectivity index (χ3v) is 3.24. The zero-order valence-electron chi connectivity index (χ0n) is 7.50. The largest absolute Gasteiger partial charge is 0.261 e. The van der Waals surface area contributed by atoms with Gasteiger partial charge >= 0.3 is 0 Å². The van der Waals surface area contributed by atoms with E-state index in [0.29, 0.717) is 5.92 Å². The summed E-state index contributed by atoms with van der Waals surface area (Å²) in [7, 11) is 0. The van der Waals surface area contributed by atoms with Crippen LogP contribution in [0.1, 0.15) is 36.6 Å². The van der Waals surface area contributed by atoms with E-state index in [1.54, 1.807) is 0 Å². The number of hydrogen-bond donors (Lipinski definition) is 0. The summed E-state index contributed by atoms with van der Waals surface area (Å²) < 4.78 is 0. The molecule has 0 aliphatic carbocycles. The van der Waals surface area contributed by atoms with Crippen LogP contribution in [0.4, 0.5) is 0 Å². The number of aromatic nitrogens is 1. The second-order valence-electron chi connectivity index (χ2n) is 3.48. The van der Waals surface area contributed by atoms with E-state index >= 15 is 0 Å². The maximum atomic E-state index is 4.44. The van der Waals surface area contributed by atoms with Crippen molar-refractivity contribution >= 4 is 11.8 Å². The summed E-state index contributed by atoms with van der Waals surface area (Å²) in [5.41, 5.74) is 4.30. The van der Waals surface area contributed by atoms with Gasteiger partial charge in [-0.05, 0) is 23.1 Å². The molecule has 0 saturated carbocycles. The standard InChI is InChI=1S/C10H13NS/c1-7(2)10-9-6-12-5-8(9)3-4-11-10/h3-4,7H,5-6H2,1-2H3. The van der Waals surface area contributed by atoms with E-state index in [-0.39, 0.29) is 0 Å². The van der Waals surface area contributed by atoms with Crippen LogP contribution in [0.3, 0.4) is 0 Å². The van der Waals surface area contributed by atoms with Crippen molar-refractivity contribution in [2.75, 3.05) is 0 Å². The molecule has 2 heteroatoms. The van der Waals surface area contributed by atoms with Crippen LogP contribution in [0, 0.1) is 0 Å². The van der Waals surface area contributed by atoms with Crippen LogP contribution >= 0.6 is 11.8 Å². The Morgan fingerprint density at radius 2 is 2.25 bits per heavy atom. The summed E-state index contributed by atoms with van der Waals surface area (Å²) in [5, 5.41) is 0. The first-order valence-corrected chi connectivity index (χ1v) is 5.49. The molecule has 2 rings (SSSR count). The van der Waals surface area contributed by atoms with Gasteiger partial charge in [-0.2, -0.15) is 11.8 Å². The van der Waals surface area contributed by atoms with E-state index in [1.165, 1.54) is 22.6 Å². The Hall–Kier alpha value is -0.500. The van der Waals surface area contributed by atoms with Crippen molar-refractivity contribution in [2.45, 2.75) is 31.3 Å².